The molecular weight excluding hydrogens is 276 g/mol. The quantitative estimate of drug-likeness (QED) is 0.925. The summed E-state index contributed by atoms with van der Waals surface area (Å²) in [5.74, 6) is 0.0244. The highest BCUT2D eigenvalue weighted by atomic mass is 16.2. The van der Waals surface area contributed by atoms with Crippen molar-refractivity contribution in [3.63, 3.8) is 0 Å². The Labute approximate surface area is 128 Å². The van der Waals surface area contributed by atoms with Crippen LogP contribution in [0.25, 0.3) is 0 Å². The van der Waals surface area contributed by atoms with Gasteiger partial charge in [-0.2, -0.15) is 0 Å². The van der Waals surface area contributed by atoms with Crippen LogP contribution in [-0.4, -0.2) is 18.4 Å². The number of carbonyl (C=O) groups excluding carboxylic acids is 2. The molecule has 0 saturated carbocycles. The van der Waals surface area contributed by atoms with Crippen LogP contribution in [-0.2, 0) is 17.6 Å². The summed E-state index contributed by atoms with van der Waals surface area (Å²) < 4.78 is 0. The number of para-hydroxylation sites is 1. The van der Waals surface area contributed by atoms with E-state index >= 15 is 0 Å². The lowest BCUT2D eigenvalue weighted by Crippen LogP contribution is -2.24. The molecule has 2 aromatic rings. The maximum Gasteiger partial charge on any atom is 0.255 e. The molecule has 2 amide bonds. The molecule has 4 rings (SSSR count). The third-order valence-corrected chi connectivity index (χ3v) is 4.44. The molecule has 0 fully saturated rings. The molecule has 1 N–H and O–H groups in total. The van der Waals surface area contributed by atoms with E-state index in [2.05, 4.69) is 5.32 Å². The average Bonchev–Trinajstić information content (AvgIpc) is 3.07. The van der Waals surface area contributed by atoms with Gasteiger partial charge in [-0.3, -0.25) is 9.59 Å². The predicted molar refractivity (Wildman–Crippen MR) is 85.3 cm³/mol. The first-order chi connectivity index (χ1) is 10.6. The number of rotatable bonds is 2. The highest BCUT2D eigenvalue weighted by Gasteiger charge is 2.34. The molecule has 2 aliphatic rings. The first-order valence-corrected chi connectivity index (χ1v) is 7.46. The van der Waals surface area contributed by atoms with E-state index in [0.717, 1.165) is 41.0 Å². The Kier molecular flexibility index (Phi) is 2.79. The fourth-order valence-electron chi connectivity index (χ4n) is 3.32. The zero-order valence-corrected chi connectivity index (χ0v) is 12.3. The van der Waals surface area contributed by atoms with Crippen molar-refractivity contribution in [1.29, 1.82) is 0 Å². The molecule has 4 heteroatoms. The Morgan fingerprint density at radius 3 is 2.77 bits per heavy atom. The van der Waals surface area contributed by atoms with Gasteiger partial charge in [-0.1, -0.05) is 18.2 Å². The number of hydrogen-bond acceptors (Lipinski definition) is 2. The fourth-order valence-corrected chi connectivity index (χ4v) is 3.32. The van der Waals surface area contributed by atoms with E-state index in [1.165, 1.54) is 0 Å². The van der Waals surface area contributed by atoms with Gasteiger partial charge in [0.25, 0.3) is 5.91 Å². The standard InChI is InChI=1S/C18H16N2O2/c1-11-4-2-3-5-15(11)19-18(22)14-8-12-6-7-20-16(21)10-13(9-14)17(12)20/h2-5,8-9H,6-7,10H2,1H3,(H,19,22). The lowest BCUT2D eigenvalue weighted by atomic mass is 10.0. The first-order valence-electron chi connectivity index (χ1n) is 7.46. The summed E-state index contributed by atoms with van der Waals surface area (Å²) in [6.07, 6.45) is 1.24. The largest absolute Gasteiger partial charge is 0.322 e. The van der Waals surface area contributed by atoms with E-state index < -0.39 is 0 Å². The summed E-state index contributed by atoms with van der Waals surface area (Å²) in [5.41, 5.74) is 5.62. The highest BCUT2D eigenvalue weighted by molar-refractivity contribution is 6.08. The van der Waals surface area contributed by atoms with E-state index in [9.17, 15) is 9.59 Å². The van der Waals surface area contributed by atoms with Crippen LogP contribution in [0.1, 0.15) is 27.0 Å². The Morgan fingerprint density at radius 2 is 1.95 bits per heavy atom. The minimum Gasteiger partial charge on any atom is -0.322 e. The Hall–Kier alpha value is -2.62. The Balaban J connectivity index is 1.67. The van der Waals surface area contributed by atoms with Gasteiger partial charge in [-0.05, 0) is 48.2 Å². The van der Waals surface area contributed by atoms with Crippen LogP contribution >= 0.6 is 0 Å². The van der Waals surface area contributed by atoms with Gasteiger partial charge in [0.2, 0.25) is 5.91 Å². The van der Waals surface area contributed by atoms with Crippen LogP contribution in [0, 0.1) is 6.92 Å². The number of amides is 2. The van der Waals surface area contributed by atoms with Crippen molar-refractivity contribution < 1.29 is 9.59 Å². The molecule has 0 saturated heterocycles. The van der Waals surface area contributed by atoms with Crippen molar-refractivity contribution >= 4 is 23.2 Å². The molecule has 0 aliphatic carbocycles. The van der Waals surface area contributed by atoms with Crippen molar-refractivity contribution in [2.45, 2.75) is 19.8 Å². The Morgan fingerprint density at radius 1 is 1.18 bits per heavy atom. The maximum absolute atomic E-state index is 12.5. The lowest BCUT2D eigenvalue weighted by molar-refractivity contribution is -0.117. The number of nitrogens with one attached hydrogen (secondary N) is 1. The summed E-state index contributed by atoms with van der Waals surface area (Å²) in [7, 11) is 0. The van der Waals surface area contributed by atoms with Gasteiger partial charge in [0, 0.05) is 17.8 Å². The van der Waals surface area contributed by atoms with Crippen LogP contribution in [0.5, 0.6) is 0 Å². The van der Waals surface area contributed by atoms with Crippen LogP contribution in [0.4, 0.5) is 11.4 Å². The SMILES string of the molecule is Cc1ccccc1NC(=O)c1cc2c3c(c1)CC(=O)N3CC2. The number of hydrogen-bond donors (Lipinski definition) is 1. The van der Waals surface area contributed by atoms with Crippen molar-refractivity contribution in [3.8, 4) is 0 Å². The monoisotopic (exact) mass is 292 g/mol. The second kappa shape index (κ2) is 4.70. The smallest absolute Gasteiger partial charge is 0.255 e. The summed E-state index contributed by atoms with van der Waals surface area (Å²) in [4.78, 5) is 26.3. The summed E-state index contributed by atoms with van der Waals surface area (Å²) >= 11 is 0. The normalized spacial score (nSPS) is 15.1. The number of benzene rings is 2. The molecule has 4 nitrogen and oxygen atoms in total. The van der Waals surface area contributed by atoms with Gasteiger partial charge in [0.05, 0.1) is 12.1 Å². The fraction of sp³-hybridized carbons (Fsp3) is 0.222. The number of anilines is 2. The van der Waals surface area contributed by atoms with Crippen LogP contribution < -0.4 is 10.2 Å². The van der Waals surface area contributed by atoms with Crippen molar-refractivity contribution in [2.24, 2.45) is 0 Å². The first kappa shape index (κ1) is 13.1. The molecule has 2 aliphatic heterocycles. The molecular formula is C18H16N2O2. The topological polar surface area (TPSA) is 49.4 Å². The minimum absolute atomic E-state index is 0.119. The van der Waals surface area contributed by atoms with E-state index in [-0.39, 0.29) is 11.8 Å². The molecule has 2 heterocycles. The van der Waals surface area contributed by atoms with Crippen molar-refractivity contribution in [2.75, 3.05) is 16.8 Å². The van der Waals surface area contributed by atoms with Gasteiger partial charge in [0.1, 0.15) is 0 Å². The van der Waals surface area contributed by atoms with E-state index in [0.29, 0.717) is 12.0 Å². The molecule has 0 radical (unpaired) electrons. The van der Waals surface area contributed by atoms with Crippen molar-refractivity contribution in [3.05, 3.63) is 58.7 Å². The average molecular weight is 292 g/mol. The summed E-state index contributed by atoms with van der Waals surface area (Å²) in [6.45, 7) is 2.71. The molecule has 0 unspecified atom stereocenters. The van der Waals surface area contributed by atoms with Gasteiger partial charge < -0.3 is 10.2 Å². The minimum atomic E-state index is -0.119. The summed E-state index contributed by atoms with van der Waals surface area (Å²) in [6, 6.07) is 11.5. The predicted octanol–water partition coefficient (Wildman–Crippen LogP) is 2.69. The van der Waals surface area contributed by atoms with Crippen LogP contribution in [0.2, 0.25) is 0 Å². The number of carbonyl (C=O) groups is 2. The zero-order chi connectivity index (χ0) is 15.3. The second-order valence-corrected chi connectivity index (χ2v) is 5.88. The van der Waals surface area contributed by atoms with E-state index in [1.54, 1.807) is 0 Å². The van der Waals surface area contributed by atoms with Crippen molar-refractivity contribution in [1.82, 2.24) is 0 Å². The summed E-state index contributed by atoms with van der Waals surface area (Å²) in [5, 5.41) is 2.96. The third kappa shape index (κ3) is 1.91. The van der Waals surface area contributed by atoms with Gasteiger partial charge in [0.15, 0.2) is 0 Å². The maximum atomic E-state index is 12.5. The Bertz CT molecular complexity index is 811. The molecule has 2 aromatic carbocycles. The molecule has 110 valence electrons. The van der Waals surface area contributed by atoms with Crippen LogP contribution in [0.3, 0.4) is 0 Å². The van der Waals surface area contributed by atoms with Gasteiger partial charge in [-0.25, -0.2) is 0 Å². The lowest BCUT2D eigenvalue weighted by Gasteiger charge is -2.11. The third-order valence-electron chi connectivity index (χ3n) is 4.44. The molecule has 0 aromatic heterocycles. The zero-order valence-electron chi connectivity index (χ0n) is 12.3. The highest BCUT2D eigenvalue weighted by Crippen LogP contribution is 2.38. The van der Waals surface area contributed by atoms with E-state index in [1.807, 2.05) is 48.2 Å². The number of aryl methyl sites for hydroxylation is 1. The molecule has 0 spiro atoms. The molecule has 22 heavy (non-hydrogen) atoms. The van der Waals surface area contributed by atoms with Gasteiger partial charge >= 0.3 is 0 Å². The second-order valence-electron chi connectivity index (χ2n) is 5.88. The molecule has 0 atom stereocenters. The van der Waals surface area contributed by atoms with Crippen LogP contribution in [0.15, 0.2) is 36.4 Å². The van der Waals surface area contributed by atoms with E-state index in [4.69, 9.17) is 0 Å². The van der Waals surface area contributed by atoms with Gasteiger partial charge in [-0.15, -0.1) is 0 Å². The molecule has 0 bridgehead atoms. The number of nitrogens with zero attached hydrogens (tertiary/aromatic N) is 1.